The molecular formula is C14H21NO4. The van der Waals surface area contributed by atoms with Gasteiger partial charge >= 0.3 is 5.97 Å². The molecule has 1 saturated carbocycles. The first-order valence-corrected chi connectivity index (χ1v) is 6.94. The first-order chi connectivity index (χ1) is 9.08. The molecule has 2 rings (SSSR count). The summed E-state index contributed by atoms with van der Waals surface area (Å²) in [5.41, 5.74) is 0. The summed E-state index contributed by atoms with van der Waals surface area (Å²) in [7, 11) is 0. The third-order valence-electron chi connectivity index (χ3n) is 4.08. The van der Waals surface area contributed by atoms with E-state index >= 15 is 0 Å². The van der Waals surface area contributed by atoms with Crippen LogP contribution in [0.15, 0.2) is 12.2 Å². The van der Waals surface area contributed by atoms with Gasteiger partial charge in [0.25, 0.3) is 0 Å². The number of carbonyl (C=O) groups is 2. The van der Waals surface area contributed by atoms with E-state index in [2.05, 4.69) is 5.32 Å². The van der Waals surface area contributed by atoms with E-state index in [9.17, 15) is 14.7 Å². The minimum atomic E-state index is -0.909. The van der Waals surface area contributed by atoms with Gasteiger partial charge in [0.15, 0.2) is 0 Å². The predicted octanol–water partition coefficient (Wildman–Crippen LogP) is 1.07. The number of allylic oxidation sites excluding steroid dienone is 2. The van der Waals surface area contributed by atoms with Gasteiger partial charge in [-0.15, -0.1) is 0 Å². The number of carboxylic acids is 1. The van der Waals surface area contributed by atoms with Crippen LogP contribution in [-0.4, -0.2) is 34.2 Å². The van der Waals surface area contributed by atoms with E-state index in [1.165, 1.54) is 0 Å². The quantitative estimate of drug-likeness (QED) is 0.668. The summed E-state index contributed by atoms with van der Waals surface area (Å²) in [5.74, 6) is -2.20. The van der Waals surface area contributed by atoms with Crippen LogP contribution in [-0.2, 0) is 9.59 Å². The summed E-state index contributed by atoms with van der Waals surface area (Å²) < 4.78 is 0. The second-order valence-electron chi connectivity index (χ2n) is 5.52. The number of nitrogens with one attached hydrogen (secondary N) is 1. The first kappa shape index (κ1) is 14.1. The molecular weight excluding hydrogens is 246 g/mol. The average Bonchev–Trinajstić information content (AvgIpc) is 2.38. The maximum absolute atomic E-state index is 12.2. The fourth-order valence-corrected chi connectivity index (χ4v) is 2.98. The highest BCUT2D eigenvalue weighted by atomic mass is 16.4. The molecule has 5 nitrogen and oxygen atoms in total. The van der Waals surface area contributed by atoms with Gasteiger partial charge in [-0.2, -0.15) is 0 Å². The molecule has 2 aliphatic carbocycles. The van der Waals surface area contributed by atoms with Crippen molar-refractivity contribution in [1.82, 2.24) is 5.32 Å². The number of amides is 1. The third kappa shape index (κ3) is 3.56. The van der Waals surface area contributed by atoms with Crippen molar-refractivity contribution in [2.45, 2.75) is 50.7 Å². The van der Waals surface area contributed by atoms with E-state index < -0.39 is 17.8 Å². The summed E-state index contributed by atoms with van der Waals surface area (Å²) in [4.78, 5) is 23.4. The molecule has 1 fully saturated rings. The molecule has 3 N–H and O–H groups in total. The number of aliphatic hydroxyl groups excluding tert-OH is 1. The molecule has 2 aliphatic rings. The maximum Gasteiger partial charge on any atom is 0.307 e. The molecule has 0 aromatic rings. The van der Waals surface area contributed by atoms with Crippen molar-refractivity contribution >= 4 is 11.9 Å². The lowest BCUT2D eigenvalue weighted by Crippen LogP contribution is -2.45. The molecule has 0 aromatic carbocycles. The van der Waals surface area contributed by atoms with Crippen molar-refractivity contribution < 1.29 is 19.8 Å². The Balaban J connectivity index is 1.94. The summed E-state index contributed by atoms with van der Waals surface area (Å²) in [6.07, 6.45) is 7.39. The van der Waals surface area contributed by atoms with Crippen LogP contribution in [0.25, 0.3) is 0 Å². The summed E-state index contributed by atoms with van der Waals surface area (Å²) in [6.45, 7) is 0. The van der Waals surface area contributed by atoms with Crippen LogP contribution in [0.1, 0.15) is 38.5 Å². The van der Waals surface area contributed by atoms with Crippen LogP contribution >= 0.6 is 0 Å². The largest absolute Gasteiger partial charge is 0.481 e. The molecule has 0 heterocycles. The predicted molar refractivity (Wildman–Crippen MR) is 69.4 cm³/mol. The molecule has 0 saturated heterocycles. The third-order valence-corrected chi connectivity index (χ3v) is 4.08. The van der Waals surface area contributed by atoms with Gasteiger partial charge < -0.3 is 15.5 Å². The Morgan fingerprint density at radius 3 is 2.42 bits per heavy atom. The van der Waals surface area contributed by atoms with Gasteiger partial charge in [-0.1, -0.05) is 12.2 Å². The van der Waals surface area contributed by atoms with Crippen molar-refractivity contribution in [2.24, 2.45) is 11.8 Å². The number of aliphatic carboxylic acids is 1. The van der Waals surface area contributed by atoms with Gasteiger partial charge in [0, 0.05) is 6.04 Å². The van der Waals surface area contributed by atoms with Gasteiger partial charge in [0.05, 0.1) is 17.9 Å². The Kier molecular flexibility index (Phi) is 4.58. The molecule has 5 heteroatoms. The van der Waals surface area contributed by atoms with Crippen LogP contribution in [0.5, 0.6) is 0 Å². The Morgan fingerprint density at radius 1 is 1.11 bits per heavy atom. The highest BCUT2D eigenvalue weighted by Gasteiger charge is 2.35. The number of carbonyl (C=O) groups excluding carboxylic acids is 1. The van der Waals surface area contributed by atoms with Crippen LogP contribution in [0.2, 0.25) is 0 Å². The van der Waals surface area contributed by atoms with E-state index in [4.69, 9.17) is 5.11 Å². The highest BCUT2D eigenvalue weighted by molar-refractivity contribution is 5.85. The van der Waals surface area contributed by atoms with Crippen molar-refractivity contribution in [3.05, 3.63) is 12.2 Å². The molecule has 0 radical (unpaired) electrons. The first-order valence-electron chi connectivity index (χ1n) is 6.94. The van der Waals surface area contributed by atoms with Crippen molar-refractivity contribution in [2.75, 3.05) is 0 Å². The van der Waals surface area contributed by atoms with E-state index in [0.717, 1.165) is 19.3 Å². The van der Waals surface area contributed by atoms with E-state index in [1.807, 2.05) is 12.2 Å². The lowest BCUT2D eigenvalue weighted by Gasteiger charge is -2.30. The van der Waals surface area contributed by atoms with Gasteiger partial charge in [0.1, 0.15) is 0 Å². The summed E-state index contributed by atoms with van der Waals surface area (Å²) in [6, 6.07) is -0.0170. The Bertz CT molecular complexity index is 380. The fraction of sp³-hybridized carbons (Fsp3) is 0.714. The van der Waals surface area contributed by atoms with Crippen molar-refractivity contribution in [1.29, 1.82) is 0 Å². The smallest absolute Gasteiger partial charge is 0.307 e. The number of hydrogen-bond donors (Lipinski definition) is 3. The fourth-order valence-electron chi connectivity index (χ4n) is 2.98. The Morgan fingerprint density at radius 2 is 1.79 bits per heavy atom. The van der Waals surface area contributed by atoms with Gasteiger partial charge in [-0.3, -0.25) is 9.59 Å². The zero-order valence-electron chi connectivity index (χ0n) is 10.9. The normalized spacial score (nSPS) is 34.8. The Hall–Kier alpha value is -1.36. The highest BCUT2D eigenvalue weighted by Crippen LogP contribution is 2.27. The lowest BCUT2D eigenvalue weighted by atomic mass is 9.82. The zero-order valence-corrected chi connectivity index (χ0v) is 10.9. The molecule has 4 atom stereocenters. The topological polar surface area (TPSA) is 86.6 Å². The molecule has 2 unspecified atom stereocenters. The monoisotopic (exact) mass is 267 g/mol. The van der Waals surface area contributed by atoms with E-state index in [-0.39, 0.29) is 18.1 Å². The van der Waals surface area contributed by atoms with Crippen LogP contribution in [0, 0.1) is 11.8 Å². The van der Waals surface area contributed by atoms with Crippen LogP contribution < -0.4 is 5.32 Å². The maximum atomic E-state index is 12.2. The number of aliphatic hydroxyl groups is 1. The van der Waals surface area contributed by atoms with Gasteiger partial charge in [0.2, 0.25) is 5.91 Å². The molecule has 0 bridgehead atoms. The minimum absolute atomic E-state index is 0.0170. The van der Waals surface area contributed by atoms with E-state index in [1.54, 1.807) is 0 Å². The van der Waals surface area contributed by atoms with Gasteiger partial charge in [-0.25, -0.2) is 0 Å². The van der Waals surface area contributed by atoms with Gasteiger partial charge in [-0.05, 0) is 38.5 Å². The SMILES string of the molecule is O=C(O)[C@H]1CC=CC[C@H]1C(=O)NC1CCCC(O)C1. The van der Waals surface area contributed by atoms with Crippen LogP contribution in [0.4, 0.5) is 0 Å². The van der Waals surface area contributed by atoms with Crippen molar-refractivity contribution in [3.8, 4) is 0 Å². The number of hydrogen-bond acceptors (Lipinski definition) is 3. The summed E-state index contributed by atoms with van der Waals surface area (Å²) >= 11 is 0. The zero-order chi connectivity index (χ0) is 13.8. The average molecular weight is 267 g/mol. The molecule has 19 heavy (non-hydrogen) atoms. The number of carboxylic acid groups (broad SMARTS) is 1. The van der Waals surface area contributed by atoms with Crippen molar-refractivity contribution in [3.63, 3.8) is 0 Å². The minimum Gasteiger partial charge on any atom is -0.481 e. The van der Waals surface area contributed by atoms with E-state index in [0.29, 0.717) is 19.3 Å². The molecule has 1 amide bonds. The summed E-state index contributed by atoms with van der Waals surface area (Å²) in [5, 5.41) is 21.6. The molecule has 106 valence electrons. The molecule has 0 aliphatic heterocycles. The number of rotatable bonds is 3. The standard InChI is InChI=1S/C14H21NO4/c16-10-5-3-4-9(8-10)15-13(17)11-6-1-2-7-12(11)14(18)19/h1-2,9-12,16H,3-8H2,(H,15,17)(H,18,19)/t9?,10?,11-,12+/m1/s1. The lowest BCUT2D eigenvalue weighted by molar-refractivity contribution is -0.147. The van der Waals surface area contributed by atoms with Crippen LogP contribution in [0.3, 0.4) is 0 Å². The Labute approximate surface area is 112 Å². The second-order valence-corrected chi connectivity index (χ2v) is 5.52. The second kappa shape index (κ2) is 6.19. The molecule has 0 spiro atoms. The molecule has 0 aromatic heterocycles.